The summed E-state index contributed by atoms with van der Waals surface area (Å²) in [5.74, 6) is -0.376. The number of carbonyl (C=O) groups is 2. The van der Waals surface area contributed by atoms with Gasteiger partial charge in [0.25, 0.3) is 0 Å². The van der Waals surface area contributed by atoms with Gasteiger partial charge in [-0.3, -0.25) is 4.79 Å². The fourth-order valence-electron chi connectivity index (χ4n) is 0.160. The molecule has 0 aromatic carbocycles. The predicted molar refractivity (Wildman–Crippen MR) is 48.5 cm³/mol. The molecular formula is C8H15ClO3. The molecule has 0 saturated carbocycles. The van der Waals surface area contributed by atoms with Crippen LogP contribution in [0.4, 0.5) is 0 Å². The zero-order valence-electron chi connectivity index (χ0n) is 7.42. The summed E-state index contributed by atoms with van der Waals surface area (Å²) in [6.07, 6.45) is 2.29. The van der Waals surface area contributed by atoms with Crippen molar-refractivity contribution < 1.29 is 14.7 Å². The number of carboxylic acid groups (broad SMARTS) is 1. The average Bonchev–Trinajstić information content (AvgIpc) is 2.02. The first-order valence-corrected chi connectivity index (χ1v) is 4.32. The van der Waals surface area contributed by atoms with Gasteiger partial charge in [0.05, 0.1) is 5.92 Å². The quantitative estimate of drug-likeness (QED) is 0.423. The van der Waals surface area contributed by atoms with E-state index in [1.165, 1.54) is 0 Å². The van der Waals surface area contributed by atoms with Crippen molar-refractivity contribution in [2.45, 2.75) is 26.7 Å². The summed E-state index contributed by atoms with van der Waals surface area (Å²) >= 11 is 5.22. The number of halogens is 1. The molecule has 0 saturated heterocycles. The molecule has 0 rings (SSSR count). The van der Waals surface area contributed by atoms with Gasteiger partial charge in [-0.1, -0.05) is 13.8 Å². The molecule has 1 N–H and O–H groups in total. The minimum Gasteiger partial charge on any atom is -0.481 e. The Morgan fingerprint density at radius 2 is 2.00 bits per heavy atom. The number of aliphatic carboxylic acids is 1. The van der Waals surface area contributed by atoms with Crippen LogP contribution in [0, 0.1) is 5.92 Å². The van der Waals surface area contributed by atoms with Gasteiger partial charge >= 0.3 is 5.97 Å². The summed E-state index contributed by atoms with van der Waals surface area (Å²) in [6.45, 7) is 3.28. The van der Waals surface area contributed by atoms with E-state index >= 15 is 0 Å². The molecule has 0 radical (unpaired) electrons. The van der Waals surface area contributed by atoms with E-state index in [0.717, 1.165) is 12.7 Å². The molecule has 0 aliphatic heterocycles. The zero-order valence-corrected chi connectivity index (χ0v) is 8.17. The second kappa shape index (κ2) is 10.4. The lowest BCUT2D eigenvalue weighted by Gasteiger charge is -1.89. The van der Waals surface area contributed by atoms with Crippen LogP contribution in [0.1, 0.15) is 26.7 Å². The number of alkyl halides is 1. The molecule has 0 bridgehead atoms. The largest absolute Gasteiger partial charge is 0.481 e. The van der Waals surface area contributed by atoms with Gasteiger partial charge in [0.15, 0.2) is 0 Å². The molecule has 0 amide bonds. The van der Waals surface area contributed by atoms with Crippen LogP contribution < -0.4 is 0 Å². The van der Waals surface area contributed by atoms with Crippen LogP contribution >= 0.6 is 11.6 Å². The highest BCUT2D eigenvalue weighted by molar-refractivity contribution is 6.17. The maximum absolute atomic E-state index is 9.70. The number of rotatable bonds is 4. The van der Waals surface area contributed by atoms with E-state index in [-0.39, 0.29) is 5.92 Å². The Kier molecular flexibility index (Phi) is 12.2. The van der Waals surface area contributed by atoms with Gasteiger partial charge in [-0.15, -0.1) is 11.6 Å². The summed E-state index contributed by atoms with van der Waals surface area (Å²) in [6, 6.07) is 0. The van der Waals surface area contributed by atoms with Crippen molar-refractivity contribution in [3.05, 3.63) is 0 Å². The van der Waals surface area contributed by atoms with Crippen molar-refractivity contribution >= 4 is 23.9 Å². The van der Waals surface area contributed by atoms with Crippen molar-refractivity contribution in [1.29, 1.82) is 0 Å². The monoisotopic (exact) mass is 194 g/mol. The smallest absolute Gasteiger partial charge is 0.305 e. The Hall–Kier alpha value is -0.570. The number of hydrogen-bond donors (Lipinski definition) is 1. The van der Waals surface area contributed by atoms with Crippen LogP contribution in [-0.4, -0.2) is 23.2 Å². The van der Waals surface area contributed by atoms with Crippen LogP contribution in [0.25, 0.3) is 0 Å². The number of carboxylic acids is 1. The molecule has 72 valence electrons. The topological polar surface area (TPSA) is 54.4 Å². The second-order valence-corrected chi connectivity index (χ2v) is 2.87. The summed E-state index contributed by atoms with van der Waals surface area (Å²) in [7, 11) is 0. The molecule has 0 spiro atoms. The minimum atomic E-state index is -0.741. The Morgan fingerprint density at radius 3 is 2.08 bits per heavy atom. The van der Waals surface area contributed by atoms with Crippen molar-refractivity contribution in [2.24, 2.45) is 5.92 Å². The maximum atomic E-state index is 9.70. The van der Waals surface area contributed by atoms with E-state index in [1.54, 1.807) is 13.8 Å². The molecule has 12 heavy (non-hydrogen) atoms. The molecule has 4 heteroatoms. The molecule has 0 fully saturated rings. The number of unbranched alkanes of at least 4 members (excludes halogenated alkanes) is 1. The predicted octanol–water partition coefficient (Wildman–Crippen LogP) is 1.93. The third kappa shape index (κ3) is 16.2. The van der Waals surface area contributed by atoms with Gasteiger partial charge in [0.1, 0.15) is 6.29 Å². The Labute approximate surface area is 77.7 Å². The molecule has 0 heterocycles. The van der Waals surface area contributed by atoms with Crippen LogP contribution in [0.15, 0.2) is 0 Å². The van der Waals surface area contributed by atoms with Gasteiger partial charge in [-0.05, 0) is 6.42 Å². The van der Waals surface area contributed by atoms with Gasteiger partial charge in [-0.25, -0.2) is 0 Å². The fourth-order valence-corrected chi connectivity index (χ4v) is 0.315. The van der Waals surface area contributed by atoms with Crippen LogP contribution in [0.2, 0.25) is 0 Å². The first-order chi connectivity index (χ1) is 5.56. The van der Waals surface area contributed by atoms with Gasteiger partial charge in [0.2, 0.25) is 0 Å². The lowest BCUT2D eigenvalue weighted by Crippen LogP contribution is -2.03. The van der Waals surface area contributed by atoms with E-state index in [0.29, 0.717) is 12.3 Å². The fraction of sp³-hybridized carbons (Fsp3) is 0.750. The second-order valence-electron chi connectivity index (χ2n) is 2.49. The van der Waals surface area contributed by atoms with E-state index in [9.17, 15) is 9.59 Å². The summed E-state index contributed by atoms with van der Waals surface area (Å²) in [5.41, 5.74) is 0. The first kappa shape index (κ1) is 14.0. The van der Waals surface area contributed by atoms with E-state index in [1.807, 2.05) is 0 Å². The first-order valence-electron chi connectivity index (χ1n) is 3.78. The van der Waals surface area contributed by atoms with Gasteiger partial charge < -0.3 is 9.90 Å². The Morgan fingerprint density at radius 1 is 1.58 bits per heavy atom. The zero-order chi connectivity index (χ0) is 9.98. The van der Waals surface area contributed by atoms with Crippen molar-refractivity contribution in [1.82, 2.24) is 0 Å². The Balaban J connectivity index is 0. The molecule has 0 aliphatic rings. The molecule has 0 aromatic heterocycles. The van der Waals surface area contributed by atoms with Crippen LogP contribution in [0.3, 0.4) is 0 Å². The molecule has 0 aromatic rings. The molecular weight excluding hydrogens is 180 g/mol. The Bertz CT molecular complexity index is 123. The normalized spacial score (nSPS) is 8.67. The third-order valence-corrected chi connectivity index (χ3v) is 1.22. The summed E-state index contributed by atoms with van der Waals surface area (Å²) in [4.78, 5) is 19.2. The lowest BCUT2D eigenvalue weighted by molar-refractivity contribution is -0.140. The lowest BCUT2D eigenvalue weighted by atomic mass is 10.2. The maximum Gasteiger partial charge on any atom is 0.305 e. The molecule has 0 unspecified atom stereocenters. The molecule has 3 nitrogen and oxygen atoms in total. The number of aldehydes is 1. The van der Waals surface area contributed by atoms with Crippen LogP contribution in [-0.2, 0) is 9.59 Å². The number of hydrogen-bond acceptors (Lipinski definition) is 2. The van der Waals surface area contributed by atoms with E-state index in [2.05, 4.69) is 0 Å². The van der Waals surface area contributed by atoms with Crippen molar-refractivity contribution in [3.8, 4) is 0 Å². The summed E-state index contributed by atoms with van der Waals surface area (Å²) < 4.78 is 0. The number of carbonyl (C=O) groups excluding carboxylic acids is 1. The highest BCUT2D eigenvalue weighted by Crippen LogP contribution is 1.87. The van der Waals surface area contributed by atoms with E-state index < -0.39 is 5.97 Å². The highest BCUT2D eigenvalue weighted by Gasteiger charge is 1.99. The SMILES string of the molecule is CC(C)C(=O)O.O=CCCCCl. The molecule has 0 aliphatic carbocycles. The van der Waals surface area contributed by atoms with E-state index in [4.69, 9.17) is 16.7 Å². The average molecular weight is 195 g/mol. The van der Waals surface area contributed by atoms with Crippen molar-refractivity contribution in [2.75, 3.05) is 5.88 Å². The highest BCUT2D eigenvalue weighted by atomic mass is 35.5. The standard InChI is InChI=1S/C4H7ClO.C4H8O2/c5-3-1-2-4-6;1-3(2)4(5)6/h4H,1-3H2;3H,1-2H3,(H,5,6). The van der Waals surface area contributed by atoms with Crippen molar-refractivity contribution in [3.63, 3.8) is 0 Å². The molecule has 0 atom stereocenters. The van der Waals surface area contributed by atoms with Crippen LogP contribution in [0.5, 0.6) is 0 Å². The van der Waals surface area contributed by atoms with Gasteiger partial charge in [-0.2, -0.15) is 0 Å². The minimum absolute atomic E-state index is 0.231. The van der Waals surface area contributed by atoms with Gasteiger partial charge in [0, 0.05) is 12.3 Å². The third-order valence-electron chi connectivity index (χ3n) is 0.950. The summed E-state index contributed by atoms with van der Waals surface area (Å²) in [5, 5.41) is 7.99.